The van der Waals surface area contributed by atoms with Gasteiger partial charge in [0.25, 0.3) is 5.91 Å². The van der Waals surface area contributed by atoms with E-state index in [1.807, 2.05) is 30.3 Å². The minimum atomic E-state index is 0.0242. The van der Waals surface area contributed by atoms with E-state index in [1.54, 1.807) is 0 Å². The highest BCUT2D eigenvalue weighted by Crippen LogP contribution is 2.25. The van der Waals surface area contributed by atoms with Gasteiger partial charge in [0.15, 0.2) is 0 Å². The number of fused-ring (bicyclic) bond motifs is 1. The quantitative estimate of drug-likeness (QED) is 0.893. The second-order valence-corrected chi connectivity index (χ2v) is 6.11. The third kappa shape index (κ3) is 2.93. The summed E-state index contributed by atoms with van der Waals surface area (Å²) in [5.74, 6) is 0.0242. The summed E-state index contributed by atoms with van der Waals surface area (Å²) in [6.07, 6.45) is 2.94. The van der Waals surface area contributed by atoms with Crippen LogP contribution >= 0.6 is 15.9 Å². The molecular weight excluding hydrogens is 314 g/mol. The number of hydrogen-bond donors (Lipinski definition) is 1. The van der Waals surface area contributed by atoms with Crippen LogP contribution in [0.5, 0.6) is 0 Å². The molecule has 0 aromatic heterocycles. The van der Waals surface area contributed by atoms with Crippen LogP contribution in [0.3, 0.4) is 0 Å². The van der Waals surface area contributed by atoms with E-state index in [1.165, 1.54) is 11.1 Å². The van der Waals surface area contributed by atoms with Gasteiger partial charge in [-0.25, -0.2) is 0 Å². The Kier molecular flexibility index (Phi) is 3.88. The normalized spacial score (nSPS) is 17.4. The van der Waals surface area contributed by atoms with E-state index in [4.69, 9.17) is 0 Å². The van der Waals surface area contributed by atoms with Gasteiger partial charge < -0.3 is 5.32 Å². The van der Waals surface area contributed by atoms with Crippen molar-refractivity contribution in [3.05, 3.63) is 69.7 Å². The highest BCUT2D eigenvalue weighted by atomic mass is 79.9. The Bertz CT molecular complexity index is 624. The van der Waals surface area contributed by atoms with Crippen LogP contribution in [0.25, 0.3) is 0 Å². The minimum Gasteiger partial charge on any atom is -0.349 e. The zero-order valence-electron chi connectivity index (χ0n) is 11.1. The van der Waals surface area contributed by atoms with E-state index < -0.39 is 0 Å². The van der Waals surface area contributed by atoms with Crippen LogP contribution < -0.4 is 5.32 Å². The van der Waals surface area contributed by atoms with Crippen LogP contribution in [0.1, 0.15) is 27.9 Å². The van der Waals surface area contributed by atoms with E-state index in [9.17, 15) is 4.79 Å². The lowest BCUT2D eigenvalue weighted by Gasteiger charge is -2.25. The van der Waals surface area contributed by atoms with Crippen LogP contribution in [0.15, 0.2) is 53.0 Å². The number of hydrogen-bond acceptors (Lipinski definition) is 1. The number of halogens is 1. The van der Waals surface area contributed by atoms with Crippen molar-refractivity contribution in [3.63, 3.8) is 0 Å². The number of nitrogens with one attached hydrogen (secondary N) is 1. The SMILES string of the molecule is O=C(N[C@H]1CCc2cc(Br)ccc2C1)c1ccccc1. The summed E-state index contributed by atoms with van der Waals surface area (Å²) in [5.41, 5.74) is 3.47. The summed E-state index contributed by atoms with van der Waals surface area (Å²) in [6, 6.07) is 16.0. The molecule has 1 atom stereocenters. The second kappa shape index (κ2) is 5.80. The highest BCUT2D eigenvalue weighted by Gasteiger charge is 2.20. The fraction of sp³-hybridized carbons (Fsp3) is 0.235. The molecule has 102 valence electrons. The van der Waals surface area contributed by atoms with Crippen molar-refractivity contribution in [3.8, 4) is 0 Å². The molecule has 0 heterocycles. The summed E-state index contributed by atoms with van der Waals surface area (Å²) in [5, 5.41) is 3.14. The van der Waals surface area contributed by atoms with Crippen LogP contribution in [0.4, 0.5) is 0 Å². The number of amides is 1. The van der Waals surface area contributed by atoms with Crippen molar-refractivity contribution in [2.45, 2.75) is 25.3 Å². The van der Waals surface area contributed by atoms with Gasteiger partial charge in [-0.3, -0.25) is 4.79 Å². The van der Waals surface area contributed by atoms with Gasteiger partial charge in [-0.2, -0.15) is 0 Å². The smallest absolute Gasteiger partial charge is 0.251 e. The van der Waals surface area contributed by atoms with Gasteiger partial charge in [0.2, 0.25) is 0 Å². The first-order valence-corrected chi connectivity index (χ1v) is 7.65. The first-order chi connectivity index (χ1) is 9.72. The third-order valence-electron chi connectivity index (χ3n) is 3.77. The molecule has 0 bridgehead atoms. The summed E-state index contributed by atoms with van der Waals surface area (Å²) in [6.45, 7) is 0. The molecule has 2 nitrogen and oxygen atoms in total. The molecule has 2 aromatic carbocycles. The van der Waals surface area contributed by atoms with Crippen LogP contribution in [-0.4, -0.2) is 11.9 Å². The summed E-state index contributed by atoms with van der Waals surface area (Å²) in [4.78, 5) is 12.2. The molecule has 0 aliphatic heterocycles. The van der Waals surface area contributed by atoms with Gasteiger partial charge >= 0.3 is 0 Å². The molecule has 3 rings (SSSR count). The molecule has 0 fully saturated rings. The lowest BCUT2D eigenvalue weighted by molar-refractivity contribution is 0.0933. The van der Waals surface area contributed by atoms with Crippen molar-refractivity contribution in [2.24, 2.45) is 0 Å². The Morgan fingerprint density at radius 3 is 2.70 bits per heavy atom. The van der Waals surface area contributed by atoms with Gasteiger partial charge in [0, 0.05) is 16.1 Å². The molecule has 20 heavy (non-hydrogen) atoms. The van der Waals surface area contributed by atoms with E-state index in [-0.39, 0.29) is 11.9 Å². The zero-order chi connectivity index (χ0) is 13.9. The Labute approximate surface area is 127 Å². The number of aryl methyl sites for hydroxylation is 1. The number of rotatable bonds is 2. The van der Waals surface area contributed by atoms with E-state index >= 15 is 0 Å². The lowest BCUT2D eigenvalue weighted by atomic mass is 9.88. The van der Waals surface area contributed by atoms with Crippen molar-refractivity contribution in [1.82, 2.24) is 5.32 Å². The molecule has 3 heteroatoms. The average molecular weight is 330 g/mol. The lowest BCUT2D eigenvalue weighted by Crippen LogP contribution is -2.38. The van der Waals surface area contributed by atoms with Gasteiger partial charge in [-0.15, -0.1) is 0 Å². The topological polar surface area (TPSA) is 29.1 Å². The summed E-state index contributed by atoms with van der Waals surface area (Å²) in [7, 11) is 0. The average Bonchev–Trinajstić information content (AvgIpc) is 2.48. The van der Waals surface area contributed by atoms with Crippen molar-refractivity contribution >= 4 is 21.8 Å². The molecule has 0 unspecified atom stereocenters. The molecule has 2 aromatic rings. The molecule has 0 saturated carbocycles. The number of carbonyl (C=O) groups is 1. The van der Waals surface area contributed by atoms with E-state index in [2.05, 4.69) is 39.4 Å². The van der Waals surface area contributed by atoms with E-state index in [0.717, 1.165) is 29.3 Å². The van der Waals surface area contributed by atoms with Gasteiger partial charge in [-0.1, -0.05) is 40.2 Å². The van der Waals surface area contributed by atoms with Crippen LogP contribution in [0.2, 0.25) is 0 Å². The zero-order valence-corrected chi connectivity index (χ0v) is 12.7. The molecule has 1 N–H and O–H groups in total. The maximum Gasteiger partial charge on any atom is 0.251 e. The molecule has 1 aliphatic carbocycles. The van der Waals surface area contributed by atoms with Crippen LogP contribution in [0, 0.1) is 0 Å². The first-order valence-electron chi connectivity index (χ1n) is 6.85. The van der Waals surface area contributed by atoms with Crippen molar-refractivity contribution < 1.29 is 4.79 Å². The van der Waals surface area contributed by atoms with Crippen molar-refractivity contribution in [1.29, 1.82) is 0 Å². The van der Waals surface area contributed by atoms with Gasteiger partial charge in [0.1, 0.15) is 0 Å². The molecule has 0 radical (unpaired) electrons. The molecule has 0 saturated heterocycles. The third-order valence-corrected chi connectivity index (χ3v) is 4.26. The Morgan fingerprint density at radius 1 is 1.10 bits per heavy atom. The molecular formula is C17H16BrNO. The van der Waals surface area contributed by atoms with Crippen molar-refractivity contribution in [2.75, 3.05) is 0 Å². The minimum absolute atomic E-state index is 0.0242. The maximum absolute atomic E-state index is 12.2. The Balaban J connectivity index is 1.69. The van der Waals surface area contributed by atoms with E-state index in [0.29, 0.717) is 0 Å². The monoisotopic (exact) mass is 329 g/mol. The molecule has 0 spiro atoms. The predicted octanol–water partition coefficient (Wildman–Crippen LogP) is 3.74. The van der Waals surface area contributed by atoms with Gasteiger partial charge in [-0.05, 0) is 54.7 Å². The summed E-state index contributed by atoms with van der Waals surface area (Å²) < 4.78 is 1.13. The largest absolute Gasteiger partial charge is 0.349 e. The molecule has 1 aliphatic rings. The Morgan fingerprint density at radius 2 is 1.90 bits per heavy atom. The highest BCUT2D eigenvalue weighted by molar-refractivity contribution is 9.10. The number of carbonyl (C=O) groups excluding carboxylic acids is 1. The fourth-order valence-electron chi connectivity index (χ4n) is 2.71. The predicted molar refractivity (Wildman–Crippen MR) is 83.9 cm³/mol. The number of benzene rings is 2. The fourth-order valence-corrected chi connectivity index (χ4v) is 3.11. The molecule has 1 amide bonds. The van der Waals surface area contributed by atoms with Crippen LogP contribution in [-0.2, 0) is 12.8 Å². The summed E-state index contributed by atoms with van der Waals surface area (Å²) >= 11 is 3.51. The van der Waals surface area contributed by atoms with Gasteiger partial charge in [0.05, 0.1) is 0 Å². The second-order valence-electron chi connectivity index (χ2n) is 5.19. The Hall–Kier alpha value is -1.61. The first kappa shape index (κ1) is 13.4. The standard InChI is InChI=1S/C17H16BrNO/c18-15-8-6-14-11-16(9-7-13(14)10-15)19-17(20)12-4-2-1-3-5-12/h1-6,8,10,16H,7,9,11H2,(H,19,20)/t16-/m0/s1. The maximum atomic E-state index is 12.2.